The molecule has 1 aromatic carbocycles. The molecule has 1 N–H and O–H groups in total. The van der Waals surface area contributed by atoms with Gasteiger partial charge in [0, 0.05) is 29.6 Å². The Morgan fingerprint density at radius 1 is 1.40 bits per heavy atom. The number of amides is 2. The number of hydrogen-bond acceptors (Lipinski definition) is 2. The van der Waals surface area contributed by atoms with Crippen molar-refractivity contribution in [3.8, 4) is 0 Å². The molecule has 1 fully saturated rings. The Kier molecular flexibility index (Phi) is 4.28. The predicted octanol–water partition coefficient (Wildman–Crippen LogP) is 2.10. The minimum absolute atomic E-state index is 0.103. The van der Waals surface area contributed by atoms with Crippen LogP contribution in [0.25, 0.3) is 0 Å². The number of rotatable bonds is 2. The van der Waals surface area contributed by atoms with E-state index in [-0.39, 0.29) is 30.8 Å². The molecule has 20 heavy (non-hydrogen) atoms. The fourth-order valence-electron chi connectivity index (χ4n) is 2.29. The van der Waals surface area contributed by atoms with Gasteiger partial charge in [-0.25, -0.2) is 4.39 Å². The van der Waals surface area contributed by atoms with E-state index in [2.05, 4.69) is 5.32 Å². The van der Waals surface area contributed by atoms with Crippen molar-refractivity contribution in [2.75, 3.05) is 0 Å². The number of carbonyl (C=O) groups is 2. The van der Waals surface area contributed by atoms with Crippen LogP contribution in [0.2, 0.25) is 5.02 Å². The van der Waals surface area contributed by atoms with Crippen LogP contribution < -0.4 is 5.32 Å². The summed E-state index contributed by atoms with van der Waals surface area (Å²) < 4.78 is 13.8. The zero-order chi connectivity index (χ0) is 14.9. The first-order chi connectivity index (χ1) is 9.38. The number of carbonyl (C=O) groups excluding carboxylic acids is 2. The molecule has 0 aromatic heterocycles. The van der Waals surface area contributed by atoms with Crippen molar-refractivity contribution in [3.63, 3.8) is 0 Å². The molecule has 0 spiro atoms. The van der Waals surface area contributed by atoms with Crippen LogP contribution >= 0.6 is 11.6 Å². The van der Waals surface area contributed by atoms with Crippen LogP contribution in [-0.4, -0.2) is 28.8 Å². The number of halogens is 2. The highest BCUT2D eigenvalue weighted by Crippen LogP contribution is 2.20. The van der Waals surface area contributed by atoms with E-state index in [4.69, 9.17) is 11.6 Å². The van der Waals surface area contributed by atoms with Gasteiger partial charge in [0.05, 0.1) is 0 Å². The summed E-state index contributed by atoms with van der Waals surface area (Å²) in [7, 11) is 0. The Balaban J connectivity index is 2.27. The lowest BCUT2D eigenvalue weighted by atomic mass is 10.1. The standard InChI is InChI=1S/C14H16ClFN2O2/c1-8-5-13(19)17-9(2)14(20)18(8)7-10-6-11(15)3-4-12(10)16/h3-4,6,8-9H,5,7H2,1-2H3,(H,17,19). The van der Waals surface area contributed by atoms with Crippen molar-refractivity contribution >= 4 is 23.4 Å². The highest BCUT2D eigenvalue weighted by atomic mass is 35.5. The Morgan fingerprint density at radius 3 is 2.80 bits per heavy atom. The molecule has 0 bridgehead atoms. The monoisotopic (exact) mass is 298 g/mol. The van der Waals surface area contributed by atoms with Gasteiger partial charge in [0.1, 0.15) is 11.9 Å². The molecule has 6 heteroatoms. The molecule has 0 saturated carbocycles. The van der Waals surface area contributed by atoms with Gasteiger partial charge in [0.25, 0.3) is 0 Å². The van der Waals surface area contributed by atoms with Crippen LogP contribution in [0.3, 0.4) is 0 Å². The van der Waals surface area contributed by atoms with E-state index < -0.39 is 11.9 Å². The summed E-state index contributed by atoms with van der Waals surface area (Å²) >= 11 is 5.85. The van der Waals surface area contributed by atoms with Crippen molar-refractivity contribution < 1.29 is 14.0 Å². The molecule has 1 aromatic rings. The predicted molar refractivity (Wildman–Crippen MR) is 73.6 cm³/mol. The van der Waals surface area contributed by atoms with Crippen LogP contribution in [0.5, 0.6) is 0 Å². The van der Waals surface area contributed by atoms with Gasteiger partial charge >= 0.3 is 0 Å². The van der Waals surface area contributed by atoms with Gasteiger partial charge in [-0.05, 0) is 32.0 Å². The fraction of sp³-hybridized carbons (Fsp3) is 0.429. The van der Waals surface area contributed by atoms with Gasteiger partial charge < -0.3 is 10.2 Å². The first-order valence-corrected chi connectivity index (χ1v) is 6.80. The topological polar surface area (TPSA) is 49.4 Å². The highest BCUT2D eigenvalue weighted by molar-refractivity contribution is 6.30. The van der Waals surface area contributed by atoms with Crippen molar-refractivity contribution in [2.24, 2.45) is 0 Å². The van der Waals surface area contributed by atoms with Gasteiger partial charge in [-0.3, -0.25) is 9.59 Å². The Labute approximate surface area is 121 Å². The molecule has 0 radical (unpaired) electrons. The number of hydrogen-bond donors (Lipinski definition) is 1. The van der Waals surface area contributed by atoms with Crippen molar-refractivity contribution in [3.05, 3.63) is 34.6 Å². The largest absolute Gasteiger partial charge is 0.345 e. The van der Waals surface area contributed by atoms with Crippen LogP contribution in [0, 0.1) is 5.82 Å². The van der Waals surface area contributed by atoms with E-state index in [9.17, 15) is 14.0 Å². The Bertz CT molecular complexity index is 550. The van der Waals surface area contributed by atoms with Crippen molar-refractivity contribution in [1.29, 1.82) is 0 Å². The Hall–Kier alpha value is -1.62. The SMILES string of the molecule is CC1NC(=O)CC(C)N(Cc2cc(Cl)ccc2F)C1=O. The number of nitrogens with zero attached hydrogens (tertiary/aromatic N) is 1. The summed E-state index contributed by atoms with van der Waals surface area (Å²) in [4.78, 5) is 25.4. The average molecular weight is 299 g/mol. The van der Waals surface area contributed by atoms with Gasteiger partial charge in [0.2, 0.25) is 11.8 Å². The molecule has 2 unspecified atom stereocenters. The Morgan fingerprint density at radius 2 is 2.10 bits per heavy atom. The molecule has 1 heterocycles. The smallest absolute Gasteiger partial charge is 0.245 e. The molecule has 2 amide bonds. The first-order valence-electron chi connectivity index (χ1n) is 6.42. The molecule has 2 atom stereocenters. The molecular formula is C14H16ClFN2O2. The van der Waals surface area contributed by atoms with Crippen LogP contribution in [0.4, 0.5) is 4.39 Å². The summed E-state index contributed by atoms with van der Waals surface area (Å²) in [5.41, 5.74) is 0.347. The number of benzene rings is 1. The molecular weight excluding hydrogens is 283 g/mol. The molecule has 1 saturated heterocycles. The molecule has 2 rings (SSSR count). The molecule has 1 aliphatic rings. The first kappa shape index (κ1) is 14.8. The normalized spacial score (nSPS) is 23.5. The van der Waals surface area contributed by atoms with Gasteiger partial charge in [-0.2, -0.15) is 0 Å². The molecule has 108 valence electrons. The molecule has 1 aliphatic heterocycles. The maximum absolute atomic E-state index is 13.8. The summed E-state index contributed by atoms with van der Waals surface area (Å²) in [5.74, 6) is -0.805. The summed E-state index contributed by atoms with van der Waals surface area (Å²) in [6.07, 6.45) is 0.207. The average Bonchev–Trinajstić information content (AvgIpc) is 2.45. The minimum Gasteiger partial charge on any atom is -0.345 e. The second kappa shape index (κ2) is 5.79. The quantitative estimate of drug-likeness (QED) is 0.909. The zero-order valence-electron chi connectivity index (χ0n) is 11.3. The van der Waals surface area contributed by atoms with E-state index in [1.54, 1.807) is 13.8 Å². The minimum atomic E-state index is -0.602. The van der Waals surface area contributed by atoms with E-state index in [1.165, 1.54) is 23.1 Å². The van der Waals surface area contributed by atoms with E-state index in [0.717, 1.165) is 0 Å². The van der Waals surface area contributed by atoms with Crippen molar-refractivity contribution in [1.82, 2.24) is 10.2 Å². The third-order valence-corrected chi connectivity index (χ3v) is 3.63. The summed E-state index contributed by atoms with van der Waals surface area (Å²) in [6.45, 7) is 3.50. The second-order valence-corrected chi connectivity index (χ2v) is 5.48. The highest BCUT2D eigenvalue weighted by Gasteiger charge is 2.31. The zero-order valence-corrected chi connectivity index (χ0v) is 12.1. The molecule has 4 nitrogen and oxygen atoms in total. The van der Waals surface area contributed by atoms with Gasteiger partial charge in [-0.15, -0.1) is 0 Å². The second-order valence-electron chi connectivity index (χ2n) is 5.04. The maximum atomic E-state index is 13.8. The van der Waals surface area contributed by atoms with Gasteiger partial charge in [-0.1, -0.05) is 11.6 Å². The van der Waals surface area contributed by atoms with Gasteiger partial charge in [0.15, 0.2) is 0 Å². The van der Waals surface area contributed by atoms with E-state index >= 15 is 0 Å². The lowest BCUT2D eigenvalue weighted by Gasteiger charge is -2.28. The molecule has 0 aliphatic carbocycles. The lowest BCUT2D eigenvalue weighted by Crippen LogP contribution is -2.44. The maximum Gasteiger partial charge on any atom is 0.245 e. The summed E-state index contributed by atoms with van der Waals surface area (Å²) in [5, 5.41) is 3.03. The summed E-state index contributed by atoms with van der Waals surface area (Å²) in [6, 6.07) is 3.35. The van der Waals surface area contributed by atoms with Crippen LogP contribution in [-0.2, 0) is 16.1 Å². The van der Waals surface area contributed by atoms with E-state index in [1.807, 2.05) is 0 Å². The van der Waals surface area contributed by atoms with E-state index in [0.29, 0.717) is 10.6 Å². The third kappa shape index (κ3) is 3.10. The third-order valence-electron chi connectivity index (χ3n) is 3.39. The lowest BCUT2D eigenvalue weighted by molar-refractivity contribution is -0.135. The fourth-order valence-corrected chi connectivity index (χ4v) is 2.48. The van der Waals surface area contributed by atoms with Crippen LogP contribution in [0.1, 0.15) is 25.8 Å². The number of nitrogens with one attached hydrogen (secondary N) is 1. The van der Waals surface area contributed by atoms with Crippen LogP contribution in [0.15, 0.2) is 18.2 Å². The van der Waals surface area contributed by atoms with Crippen molar-refractivity contribution in [2.45, 2.75) is 38.9 Å².